The van der Waals surface area contributed by atoms with Crippen LogP contribution >= 0.6 is 0 Å². The maximum absolute atomic E-state index is 13.0. The molecule has 3 aliphatic carbocycles. The Bertz CT molecular complexity index is 768. The standard InChI is InChI=1S/C23H44BNO4SSi/c1-9-10-11-12-13-14-15-21(25(30(5,26)27)31(6,7)8)24-28-20-17-18-16-19(22(18,2)3)23(20,4)29-24/h9,18-21H,1,10-17H2,2-8H3/t18-,19-,20+,21-,23-/m0/s1. The van der Waals surface area contributed by atoms with Crippen LogP contribution in [-0.2, 0) is 19.3 Å². The van der Waals surface area contributed by atoms with Crippen molar-refractivity contribution in [3.05, 3.63) is 12.7 Å². The molecule has 31 heavy (non-hydrogen) atoms. The van der Waals surface area contributed by atoms with Crippen molar-refractivity contribution in [2.24, 2.45) is 17.3 Å². The zero-order chi connectivity index (χ0) is 23.2. The van der Waals surface area contributed by atoms with E-state index in [2.05, 4.69) is 47.0 Å². The minimum atomic E-state index is -3.37. The molecular formula is C23H44BNO4SSi. The highest BCUT2D eigenvalue weighted by atomic mass is 32.2. The van der Waals surface area contributed by atoms with Crippen molar-refractivity contribution < 1.29 is 17.7 Å². The Morgan fingerprint density at radius 2 is 1.81 bits per heavy atom. The van der Waals surface area contributed by atoms with Gasteiger partial charge in [-0.25, -0.2) is 12.4 Å². The van der Waals surface area contributed by atoms with Gasteiger partial charge in [-0.2, -0.15) is 0 Å². The molecule has 0 aromatic carbocycles. The predicted octanol–water partition coefficient (Wildman–Crippen LogP) is 5.25. The van der Waals surface area contributed by atoms with Gasteiger partial charge in [0.05, 0.1) is 23.9 Å². The molecule has 0 aromatic rings. The molecule has 3 saturated carbocycles. The van der Waals surface area contributed by atoms with Gasteiger partial charge in [0.25, 0.3) is 0 Å². The Kier molecular flexibility index (Phi) is 7.31. The molecule has 5 atom stereocenters. The van der Waals surface area contributed by atoms with Crippen LogP contribution in [0.3, 0.4) is 0 Å². The van der Waals surface area contributed by atoms with E-state index >= 15 is 0 Å². The Morgan fingerprint density at radius 1 is 1.16 bits per heavy atom. The van der Waals surface area contributed by atoms with Crippen molar-refractivity contribution in [2.75, 3.05) is 6.26 Å². The molecule has 4 fully saturated rings. The van der Waals surface area contributed by atoms with E-state index in [0.717, 1.165) is 44.9 Å². The van der Waals surface area contributed by atoms with Crippen molar-refractivity contribution in [3.63, 3.8) is 0 Å². The summed E-state index contributed by atoms with van der Waals surface area (Å²) >= 11 is 0. The van der Waals surface area contributed by atoms with Crippen LogP contribution in [-0.4, -0.2) is 51.6 Å². The van der Waals surface area contributed by atoms with Crippen molar-refractivity contribution in [1.82, 2.24) is 3.97 Å². The molecular weight excluding hydrogens is 425 g/mol. The van der Waals surface area contributed by atoms with Crippen LogP contribution in [0.5, 0.6) is 0 Å². The topological polar surface area (TPSA) is 55.8 Å². The minimum absolute atomic E-state index is 0.0763. The van der Waals surface area contributed by atoms with E-state index in [1.54, 1.807) is 3.97 Å². The van der Waals surface area contributed by atoms with E-state index in [1.807, 2.05) is 6.08 Å². The fraction of sp³-hybridized carbons (Fsp3) is 0.913. The van der Waals surface area contributed by atoms with Gasteiger partial charge < -0.3 is 9.31 Å². The fourth-order valence-electron chi connectivity index (χ4n) is 6.66. The van der Waals surface area contributed by atoms with Crippen molar-refractivity contribution in [3.8, 4) is 0 Å². The monoisotopic (exact) mass is 469 g/mol. The molecule has 1 saturated heterocycles. The van der Waals surface area contributed by atoms with E-state index in [1.165, 1.54) is 12.7 Å². The van der Waals surface area contributed by atoms with E-state index in [9.17, 15) is 8.42 Å². The van der Waals surface area contributed by atoms with Gasteiger partial charge >= 0.3 is 7.12 Å². The first kappa shape index (κ1) is 25.5. The molecule has 0 aromatic heterocycles. The molecule has 0 N–H and O–H groups in total. The molecule has 5 nitrogen and oxygen atoms in total. The molecule has 0 radical (unpaired) electrons. The first-order chi connectivity index (χ1) is 14.2. The highest BCUT2D eigenvalue weighted by molar-refractivity contribution is 7.89. The summed E-state index contributed by atoms with van der Waals surface area (Å²) in [5.74, 6) is 0.917. The van der Waals surface area contributed by atoms with Gasteiger partial charge in [0.15, 0.2) is 0 Å². The lowest BCUT2D eigenvalue weighted by molar-refractivity contribution is -0.199. The Morgan fingerprint density at radius 3 is 2.35 bits per heavy atom. The molecule has 1 heterocycles. The number of sulfonamides is 1. The van der Waals surface area contributed by atoms with Gasteiger partial charge in [-0.05, 0) is 56.3 Å². The van der Waals surface area contributed by atoms with Gasteiger partial charge in [-0.3, -0.25) is 0 Å². The van der Waals surface area contributed by atoms with Crippen LogP contribution in [0, 0.1) is 17.3 Å². The van der Waals surface area contributed by atoms with Gasteiger partial charge in [0.2, 0.25) is 10.0 Å². The highest BCUT2D eigenvalue weighted by Gasteiger charge is 2.69. The molecule has 1 aliphatic heterocycles. The number of allylic oxidation sites excluding steroid dienone is 1. The van der Waals surface area contributed by atoms with Gasteiger partial charge in [-0.15, -0.1) is 6.58 Å². The summed E-state index contributed by atoms with van der Waals surface area (Å²) < 4.78 is 41.0. The van der Waals surface area contributed by atoms with E-state index in [0.29, 0.717) is 11.8 Å². The first-order valence-electron chi connectivity index (χ1n) is 12.2. The highest BCUT2D eigenvalue weighted by Crippen LogP contribution is 2.65. The summed E-state index contributed by atoms with van der Waals surface area (Å²) in [6, 6.07) is 0. The van der Waals surface area contributed by atoms with Crippen molar-refractivity contribution in [1.29, 1.82) is 0 Å². The van der Waals surface area contributed by atoms with Crippen LogP contribution < -0.4 is 0 Å². The van der Waals surface area contributed by atoms with Crippen LogP contribution in [0.4, 0.5) is 0 Å². The third-order valence-electron chi connectivity index (χ3n) is 8.26. The summed E-state index contributed by atoms with van der Waals surface area (Å²) in [6.07, 6.45) is 11.8. The summed E-state index contributed by atoms with van der Waals surface area (Å²) in [7, 11) is -6.01. The average molecular weight is 470 g/mol. The smallest absolute Gasteiger partial charge is 0.404 e. The zero-order valence-corrected chi connectivity index (χ0v) is 22.6. The second-order valence-electron chi connectivity index (χ2n) is 11.9. The molecule has 4 aliphatic rings. The largest absolute Gasteiger partial charge is 0.476 e. The lowest BCUT2D eigenvalue weighted by atomic mass is 9.43. The van der Waals surface area contributed by atoms with Gasteiger partial charge in [0.1, 0.15) is 8.24 Å². The minimum Gasteiger partial charge on any atom is -0.404 e. The number of hydrogen-bond donors (Lipinski definition) is 0. The average Bonchev–Trinajstić information content (AvgIpc) is 2.97. The summed E-state index contributed by atoms with van der Waals surface area (Å²) in [5, 5.41) is 0. The van der Waals surface area contributed by atoms with E-state index < -0.39 is 25.4 Å². The third-order valence-corrected chi connectivity index (χ3v) is 13.5. The quantitative estimate of drug-likeness (QED) is 0.236. The van der Waals surface area contributed by atoms with Crippen LogP contribution in [0.2, 0.25) is 19.6 Å². The summed E-state index contributed by atoms with van der Waals surface area (Å²) in [4.78, 5) is 0. The SMILES string of the molecule is C=CCCCCCC[C@@H](B1O[C@@H]2C[C@@H]3C[C@@H](C3(C)C)[C@]2(C)O1)N([Si](C)(C)C)S(C)(=O)=O. The number of unbranched alkanes of at least 4 members (excludes halogenated alkanes) is 4. The normalized spacial score (nSPS) is 33.2. The third kappa shape index (κ3) is 4.88. The molecule has 8 heteroatoms. The molecule has 0 spiro atoms. The fourth-order valence-corrected chi connectivity index (χ4v) is 12.6. The Labute approximate surface area is 192 Å². The molecule has 4 rings (SSSR count). The van der Waals surface area contributed by atoms with Crippen molar-refractivity contribution >= 4 is 25.4 Å². The number of nitrogens with zero attached hydrogens (tertiary/aromatic N) is 1. The van der Waals surface area contributed by atoms with Crippen LogP contribution in [0.1, 0.15) is 72.1 Å². The molecule has 178 valence electrons. The lowest BCUT2D eigenvalue weighted by Crippen LogP contribution is -2.65. The first-order valence-corrected chi connectivity index (χ1v) is 17.5. The number of rotatable bonds is 11. The maximum Gasteiger partial charge on any atom is 0.476 e. The second-order valence-corrected chi connectivity index (χ2v) is 18.9. The summed E-state index contributed by atoms with van der Waals surface area (Å²) in [5.41, 5.74) is -0.0345. The second kappa shape index (κ2) is 8.90. The zero-order valence-electron chi connectivity index (χ0n) is 20.8. The lowest BCUT2D eigenvalue weighted by Gasteiger charge is -2.64. The Hall–Kier alpha value is -0.148. The molecule has 0 amide bonds. The van der Waals surface area contributed by atoms with E-state index in [-0.39, 0.29) is 23.1 Å². The van der Waals surface area contributed by atoms with Crippen LogP contribution in [0.15, 0.2) is 12.7 Å². The predicted molar refractivity (Wildman–Crippen MR) is 132 cm³/mol. The maximum atomic E-state index is 13.0. The molecule has 2 bridgehead atoms. The summed E-state index contributed by atoms with van der Waals surface area (Å²) in [6.45, 7) is 17.0. The van der Waals surface area contributed by atoms with Crippen LogP contribution in [0.25, 0.3) is 0 Å². The number of hydrogen-bond acceptors (Lipinski definition) is 4. The molecule has 0 unspecified atom stereocenters. The van der Waals surface area contributed by atoms with Gasteiger partial charge in [0, 0.05) is 0 Å². The van der Waals surface area contributed by atoms with Crippen molar-refractivity contribution in [2.45, 2.75) is 109 Å². The Balaban J connectivity index is 1.80. The van der Waals surface area contributed by atoms with Gasteiger partial charge in [-0.1, -0.05) is 58.8 Å². The van der Waals surface area contributed by atoms with E-state index in [4.69, 9.17) is 9.31 Å².